The molecular formula is C28H37N3O4S2. The van der Waals surface area contributed by atoms with Crippen molar-refractivity contribution < 1.29 is 19.4 Å². The number of anilines is 1. The molecule has 2 fully saturated rings. The first-order chi connectivity index (χ1) is 17.5. The van der Waals surface area contributed by atoms with E-state index >= 15 is 0 Å². The quantitative estimate of drug-likeness (QED) is 0.408. The van der Waals surface area contributed by atoms with Crippen LogP contribution in [0.25, 0.3) is 0 Å². The minimum Gasteiger partial charge on any atom is -0.477 e. The van der Waals surface area contributed by atoms with E-state index < -0.39 is 11.5 Å². The molecule has 9 heteroatoms. The standard InChI is InChI=1S/C28H37N3O4S2/c1-18-29-26(37-30-18)35-21-11-9-20(10-12-21)28(14-7-6-8-15-28)31(19(2)32)23-17-22(13-16-27(3,4)5)36-24(23)25(33)34/h17,20-21H,6-12,14-15H2,1-5H3,(H,33,34). The Kier molecular flexibility index (Phi) is 8.29. The summed E-state index contributed by atoms with van der Waals surface area (Å²) < 4.78 is 10.3. The van der Waals surface area contributed by atoms with Crippen molar-refractivity contribution in [2.45, 2.75) is 104 Å². The van der Waals surface area contributed by atoms with Gasteiger partial charge in [-0.2, -0.15) is 9.36 Å². The Morgan fingerprint density at radius 1 is 1.16 bits per heavy atom. The molecule has 0 radical (unpaired) electrons. The molecule has 0 saturated heterocycles. The summed E-state index contributed by atoms with van der Waals surface area (Å²) in [6, 6.07) is 1.83. The van der Waals surface area contributed by atoms with Crippen LogP contribution < -0.4 is 9.64 Å². The highest BCUT2D eigenvalue weighted by Gasteiger charge is 2.48. The Hall–Kier alpha value is -2.44. The molecule has 4 rings (SSSR count). The van der Waals surface area contributed by atoms with Crippen LogP contribution in [0, 0.1) is 30.1 Å². The Balaban J connectivity index is 1.65. The van der Waals surface area contributed by atoms with Crippen LogP contribution in [0.2, 0.25) is 0 Å². The van der Waals surface area contributed by atoms with Crippen LogP contribution in [-0.2, 0) is 4.79 Å². The molecule has 1 N–H and O–H groups in total. The van der Waals surface area contributed by atoms with Crippen molar-refractivity contribution >= 4 is 40.4 Å². The number of aromatic carboxylic acids is 1. The van der Waals surface area contributed by atoms with E-state index in [0.29, 0.717) is 15.8 Å². The van der Waals surface area contributed by atoms with Gasteiger partial charge in [-0.25, -0.2) is 4.79 Å². The van der Waals surface area contributed by atoms with Crippen molar-refractivity contribution in [3.63, 3.8) is 0 Å². The highest BCUT2D eigenvalue weighted by atomic mass is 32.1. The van der Waals surface area contributed by atoms with E-state index in [1.165, 1.54) is 22.9 Å². The van der Waals surface area contributed by atoms with Crippen molar-refractivity contribution in [2.75, 3.05) is 4.90 Å². The summed E-state index contributed by atoms with van der Waals surface area (Å²) in [5, 5.41) is 10.7. The summed E-state index contributed by atoms with van der Waals surface area (Å²) in [5.41, 5.74) is -0.0891. The second-order valence-corrected chi connectivity index (χ2v) is 13.1. The van der Waals surface area contributed by atoms with Gasteiger partial charge in [0.1, 0.15) is 16.8 Å². The van der Waals surface area contributed by atoms with Gasteiger partial charge in [-0.05, 0) is 78.2 Å². The Morgan fingerprint density at radius 3 is 2.38 bits per heavy atom. The van der Waals surface area contributed by atoms with E-state index in [1.54, 1.807) is 6.92 Å². The molecule has 2 aliphatic carbocycles. The maximum atomic E-state index is 13.4. The van der Waals surface area contributed by atoms with Gasteiger partial charge in [0.15, 0.2) is 0 Å². The molecule has 0 atom stereocenters. The first-order valence-electron chi connectivity index (χ1n) is 13.2. The second kappa shape index (κ2) is 11.1. The molecule has 2 aliphatic rings. The topological polar surface area (TPSA) is 92.6 Å². The summed E-state index contributed by atoms with van der Waals surface area (Å²) in [6.45, 7) is 9.51. The van der Waals surface area contributed by atoms with Crippen LogP contribution in [0.3, 0.4) is 0 Å². The predicted molar refractivity (Wildman–Crippen MR) is 148 cm³/mol. The van der Waals surface area contributed by atoms with E-state index in [0.717, 1.165) is 63.6 Å². The van der Waals surface area contributed by atoms with Crippen molar-refractivity contribution in [1.82, 2.24) is 9.36 Å². The summed E-state index contributed by atoms with van der Waals surface area (Å²) in [5.74, 6) is 6.26. The SMILES string of the molecule is CC(=O)N(c1cc(C#CC(C)(C)C)sc1C(=O)O)C1(C2CCC(Oc3nc(C)ns3)CC2)CCCCC1. The van der Waals surface area contributed by atoms with E-state index in [-0.39, 0.29) is 28.2 Å². The molecule has 0 aromatic carbocycles. The minimum atomic E-state index is -1.01. The number of aromatic nitrogens is 2. The number of carboxylic acid groups (broad SMARTS) is 1. The average Bonchev–Trinajstić information content (AvgIpc) is 3.44. The predicted octanol–water partition coefficient (Wildman–Crippen LogP) is 6.70. The molecule has 2 aromatic rings. The van der Waals surface area contributed by atoms with Crippen LogP contribution >= 0.6 is 22.9 Å². The zero-order valence-electron chi connectivity index (χ0n) is 22.4. The highest BCUT2D eigenvalue weighted by Crippen LogP contribution is 2.49. The fourth-order valence-corrected chi connectivity index (χ4v) is 7.34. The van der Waals surface area contributed by atoms with Gasteiger partial charge in [0, 0.05) is 23.9 Å². The number of aryl methyl sites for hydroxylation is 1. The minimum absolute atomic E-state index is 0.0880. The fraction of sp³-hybridized carbons (Fsp3) is 0.643. The Bertz CT molecular complexity index is 1190. The fourth-order valence-electron chi connectivity index (χ4n) is 5.90. The summed E-state index contributed by atoms with van der Waals surface area (Å²) in [4.78, 5) is 32.8. The lowest BCUT2D eigenvalue weighted by molar-refractivity contribution is -0.118. The lowest BCUT2D eigenvalue weighted by Crippen LogP contribution is -2.58. The molecule has 2 saturated carbocycles. The maximum absolute atomic E-state index is 13.4. The lowest BCUT2D eigenvalue weighted by Gasteiger charge is -2.52. The smallest absolute Gasteiger partial charge is 0.348 e. The third-order valence-electron chi connectivity index (χ3n) is 7.40. The van der Waals surface area contributed by atoms with Gasteiger partial charge in [-0.1, -0.05) is 31.1 Å². The van der Waals surface area contributed by atoms with Gasteiger partial charge in [0.2, 0.25) is 5.91 Å². The molecule has 7 nitrogen and oxygen atoms in total. The second-order valence-electron chi connectivity index (χ2n) is 11.3. The third-order valence-corrected chi connectivity index (χ3v) is 9.13. The molecule has 2 heterocycles. The number of thiophene rings is 1. The Labute approximate surface area is 227 Å². The number of rotatable bonds is 6. The number of carbonyl (C=O) groups excluding carboxylic acids is 1. The Morgan fingerprint density at radius 2 is 1.84 bits per heavy atom. The number of nitrogens with zero attached hydrogens (tertiary/aromatic N) is 3. The van der Waals surface area contributed by atoms with Gasteiger partial charge < -0.3 is 14.7 Å². The summed E-state index contributed by atoms with van der Waals surface area (Å²) in [6.07, 6.45) is 8.69. The molecule has 1 amide bonds. The molecule has 2 aromatic heterocycles. The van der Waals surface area contributed by atoms with Gasteiger partial charge in [-0.3, -0.25) is 4.79 Å². The maximum Gasteiger partial charge on any atom is 0.348 e. The van der Waals surface area contributed by atoms with Crippen molar-refractivity contribution in [1.29, 1.82) is 0 Å². The van der Waals surface area contributed by atoms with Gasteiger partial charge >= 0.3 is 5.97 Å². The number of hydrogen-bond donors (Lipinski definition) is 1. The van der Waals surface area contributed by atoms with Crippen LogP contribution in [0.5, 0.6) is 5.19 Å². The first-order valence-corrected chi connectivity index (χ1v) is 14.8. The molecule has 0 unspecified atom stereocenters. The molecule has 0 bridgehead atoms. The van der Waals surface area contributed by atoms with E-state index in [4.69, 9.17) is 4.74 Å². The zero-order chi connectivity index (χ0) is 26.8. The largest absolute Gasteiger partial charge is 0.477 e. The summed E-state index contributed by atoms with van der Waals surface area (Å²) in [7, 11) is 0. The number of ether oxygens (including phenoxy) is 1. The van der Waals surface area contributed by atoms with Crippen molar-refractivity contribution in [3.8, 4) is 17.0 Å². The van der Waals surface area contributed by atoms with Crippen LogP contribution in [0.15, 0.2) is 6.07 Å². The third kappa shape index (κ3) is 6.35. The van der Waals surface area contributed by atoms with Crippen LogP contribution in [-0.4, -0.2) is 38.0 Å². The number of hydrogen-bond acceptors (Lipinski definition) is 7. The number of amides is 1. The lowest BCUT2D eigenvalue weighted by atomic mass is 9.66. The molecule has 0 spiro atoms. The molecule has 200 valence electrons. The normalized spacial score (nSPS) is 21.5. The molecule has 37 heavy (non-hydrogen) atoms. The zero-order valence-corrected chi connectivity index (χ0v) is 24.1. The van der Waals surface area contributed by atoms with Gasteiger partial charge in [0.05, 0.1) is 16.1 Å². The highest BCUT2D eigenvalue weighted by molar-refractivity contribution is 7.15. The number of carboxylic acids is 1. The van der Waals surface area contributed by atoms with Gasteiger partial charge in [0.25, 0.3) is 5.19 Å². The first kappa shape index (κ1) is 27.6. The van der Waals surface area contributed by atoms with E-state index in [2.05, 4.69) is 21.2 Å². The van der Waals surface area contributed by atoms with Crippen LogP contribution in [0.4, 0.5) is 5.69 Å². The van der Waals surface area contributed by atoms with Crippen LogP contribution in [0.1, 0.15) is 106 Å². The molecular weight excluding hydrogens is 506 g/mol. The van der Waals surface area contributed by atoms with E-state index in [1.807, 2.05) is 38.7 Å². The number of carbonyl (C=O) groups is 2. The van der Waals surface area contributed by atoms with Gasteiger partial charge in [-0.15, -0.1) is 11.3 Å². The average molecular weight is 544 g/mol. The van der Waals surface area contributed by atoms with Crippen molar-refractivity contribution in [2.24, 2.45) is 11.3 Å². The molecule has 0 aliphatic heterocycles. The summed E-state index contributed by atoms with van der Waals surface area (Å²) >= 11 is 2.46. The van der Waals surface area contributed by atoms with Crippen molar-refractivity contribution in [3.05, 3.63) is 21.6 Å². The monoisotopic (exact) mass is 543 g/mol. The van der Waals surface area contributed by atoms with E-state index in [9.17, 15) is 14.7 Å².